The lowest BCUT2D eigenvalue weighted by molar-refractivity contribution is -0.140. The van der Waals surface area contributed by atoms with Gasteiger partial charge in [0.15, 0.2) is 0 Å². The monoisotopic (exact) mass is 592 g/mol. The molecule has 0 atom stereocenters. The van der Waals surface area contributed by atoms with Gasteiger partial charge in [0, 0.05) is 19.6 Å². The number of aliphatic hydroxyl groups is 1. The Balaban J connectivity index is 1.63. The lowest BCUT2D eigenvalue weighted by Crippen LogP contribution is -2.15. The van der Waals surface area contributed by atoms with Crippen LogP contribution in [0.2, 0.25) is 0 Å². The molecule has 0 radical (unpaired) electrons. The Bertz CT molecular complexity index is 1150. The highest BCUT2D eigenvalue weighted by Gasteiger charge is 2.27. The maximum absolute atomic E-state index is 12.4. The molecule has 1 aliphatic carbocycles. The number of carbonyl (C=O) groups excluding carboxylic acids is 1. The van der Waals surface area contributed by atoms with Crippen LogP contribution in [0.1, 0.15) is 68.4 Å². The highest BCUT2D eigenvalue weighted by Crippen LogP contribution is 2.40. The molecule has 9 heteroatoms. The summed E-state index contributed by atoms with van der Waals surface area (Å²) in [6, 6.07) is 12.2. The number of benzene rings is 2. The van der Waals surface area contributed by atoms with Crippen molar-refractivity contribution in [2.45, 2.75) is 70.4 Å². The average molecular weight is 593 g/mol. The Kier molecular flexibility index (Phi) is 13.2. The quantitative estimate of drug-likeness (QED) is 0.123. The number of carbonyl (C=O) groups is 1. The Morgan fingerprint density at radius 3 is 2.21 bits per heavy atom. The van der Waals surface area contributed by atoms with Crippen molar-refractivity contribution in [2.24, 2.45) is 5.92 Å². The standard InChI is InChI=1S/C33H43F3O6/c1-23-18-27(26-9-7-25(8-10-26)6-4-5-13-33(34,35)36)11-12-31(23)28-19-29(40-15-14-39-3)21-30(20-28)41-16-17-42-32(38)24(2)22-37/h11-12,18-21,25-26,37H,2,4-10,13-17,22H2,1,3H3. The zero-order valence-corrected chi connectivity index (χ0v) is 24.6. The zero-order chi connectivity index (χ0) is 30.5. The van der Waals surface area contributed by atoms with Gasteiger partial charge in [-0.25, -0.2) is 4.79 Å². The van der Waals surface area contributed by atoms with Gasteiger partial charge in [-0.3, -0.25) is 0 Å². The smallest absolute Gasteiger partial charge is 0.389 e. The summed E-state index contributed by atoms with van der Waals surface area (Å²) >= 11 is 0. The number of hydrogen-bond donors (Lipinski definition) is 1. The van der Waals surface area contributed by atoms with Crippen LogP contribution >= 0.6 is 0 Å². The van der Waals surface area contributed by atoms with Crippen LogP contribution in [0.25, 0.3) is 11.1 Å². The number of halogens is 3. The van der Waals surface area contributed by atoms with Crippen molar-refractivity contribution in [1.29, 1.82) is 0 Å². The van der Waals surface area contributed by atoms with Crippen LogP contribution in [0.3, 0.4) is 0 Å². The van der Waals surface area contributed by atoms with E-state index in [0.29, 0.717) is 43.0 Å². The van der Waals surface area contributed by atoms with Crippen LogP contribution in [0, 0.1) is 12.8 Å². The van der Waals surface area contributed by atoms with Gasteiger partial charge < -0.3 is 24.1 Å². The number of aryl methyl sites for hydroxylation is 1. The molecule has 0 spiro atoms. The Labute approximate surface area is 246 Å². The number of esters is 1. The Hall–Kier alpha value is -3.04. The first-order valence-corrected chi connectivity index (χ1v) is 14.6. The highest BCUT2D eigenvalue weighted by atomic mass is 19.4. The van der Waals surface area contributed by atoms with Crippen molar-refractivity contribution in [1.82, 2.24) is 0 Å². The highest BCUT2D eigenvalue weighted by molar-refractivity contribution is 5.87. The molecular weight excluding hydrogens is 549 g/mol. The Morgan fingerprint density at radius 2 is 1.62 bits per heavy atom. The molecule has 232 valence electrons. The van der Waals surface area contributed by atoms with Gasteiger partial charge in [0.05, 0.1) is 18.8 Å². The van der Waals surface area contributed by atoms with Gasteiger partial charge in [-0.1, -0.05) is 37.6 Å². The van der Waals surface area contributed by atoms with Gasteiger partial charge in [-0.15, -0.1) is 0 Å². The summed E-state index contributed by atoms with van der Waals surface area (Å²) in [6.45, 7) is 6.01. The third kappa shape index (κ3) is 11.0. The number of ether oxygens (including phenoxy) is 4. The molecule has 3 rings (SSSR count). The molecule has 6 nitrogen and oxygen atoms in total. The number of alkyl halides is 3. The van der Waals surface area contributed by atoms with Crippen LogP contribution in [-0.4, -0.2) is 57.4 Å². The molecule has 42 heavy (non-hydrogen) atoms. The van der Waals surface area contributed by atoms with E-state index in [1.165, 1.54) is 5.56 Å². The predicted octanol–water partition coefficient (Wildman–Crippen LogP) is 7.55. The first kappa shape index (κ1) is 33.5. The minimum Gasteiger partial charge on any atom is -0.491 e. The van der Waals surface area contributed by atoms with Crippen LogP contribution in [-0.2, 0) is 14.3 Å². The third-order valence-corrected chi connectivity index (χ3v) is 7.70. The van der Waals surface area contributed by atoms with E-state index < -0.39 is 25.2 Å². The summed E-state index contributed by atoms with van der Waals surface area (Å²) in [5.41, 5.74) is 4.37. The van der Waals surface area contributed by atoms with Gasteiger partial charge in [0.2, 0.25) is 0 Å². The summed E-state index contributed by atoms with van der Waals surface area (Å²) in [5, 5.41) is 9.00. The van der Waals surface area contributed by atoms with E-state index in [0.717, 1.165) is 48.8 Å². The van der Waals surface area contributed by atoms with Crippen molar-refractivity contribution < 1.29 is 42.0 Å². The number of methoxy groups -OCH3 is 1. The first-order valence-electron chi connectivity index (χ1n) is 14.6. The van der Waals surface area contributed by atoms with Gasteiger partial charge in [-0.2, -0.15) is 13.2 Å². The summed E-state index contributed by atoms with van der Waals surface area (Å²) in [6.07, 6.45) is 1.25. The van der Waals surface area contributed by atoms with Crippen LogP contribution in [0.15, 0.2) is 48.6 Å². The van der Waals surface area contributed by atoms with E-state index in [1.807, 2.05) is 12.1 Å². The molecule has 1 fully saturated rings. The van der Waals surface area contributed by atoms with E-state index in [-0.39, 0.29) is 25.2 Å². The molecular formula is C33H43F3O6. The second-order valence-electron chi connectivity index (χ2n) is 10.9. The fourth-order valence-corrected chi connectivity index (χ4v) is 5.40. The third-order valence-electron chi connectivity index (χ3n) is 7.70. The van der Waals surface area contributed by atoms with E-state index in [9.17, 15) is 18.0 Å². The second-order valence-corrected chi connectivity index (χ2v) is 10.9. The van der Waals surface area contributed by atoms with E-state index in [1.54, 1.807) is 13.2 Å². The van der Waals surface area contributed by atoms with Gasteiger partial charge >= 0.3 is 12.1 Å². The number of hydrogen-bond acceptors (Lipinski definition) is 6. The molecule has 0 unspecified atom stereocenters. The minimum atomic E-state index is -4.05. The summed E-state index contributed by atoms with van der Waals surface area (Å²) in [4.78, 5) is 11.7. The molecule has 0 heterocycles. The molecule has 2 aromatic rings. The van der Waals surface area contributed by atoms with Crippen molar-refractivity contribution >= 4 is 5.97 Å². The molecule has 1 N–H and O–H groups in total. The van der Waals surface area contributed by atoms with Crippen molar-refractivity contribution in [2.75, 3.05) is 40.1 Å². The maximum Gasteiger partial charge on any atom is 0.389 e. The van der Waals surface area contributed by atoms with Crippen molar-refractivity contribution in [3.05, 3.63) is 59.7 Å². The molecule has 0 aromatic heterocycles. The number of aliphatic hydroxyl groups excluding tert-OH is 1. The molecule has 0 amide bonds. The van der Waals surface area contributed by atoms with Crippen molar-refractivity contribution in [3.8, 4) is 22.6 Å². The minimum absolute atomic E-state index is 0.00543. The van der Waals surface area contributed by atoms with Crippen LogP contribution < -0.4 is 9.47 Å². The average Bonchev–Trinajstić information content (AvgIpc) is 2.97. The van der Waals surface area contributed by atoms with Crippen molar-refractivity contribution in [3.63, 3.8) is 0 Å². The lowest BCUT2D eigenvalue weighted by atomic mass is 9.76. The lowest BCUT2D eigenvalue weighted by Gasteiger charge is -2.29. The molecule has 1 saturated carbocycles. The molecule has 0 aliphatic heterocycles. The SMILES string of the molecule is C=C(CO)C(=O)OCCOc1cc(OCCOC)cc(-c2ccc(C3CCC(CCCCC(F)(F)F)CC3)cc2C)c1. The van der Waals surface area contributed by atoms with Gasteiger partial charge in [0.25, 0.3) is 0 Å². The van der Waals surface area contributed by atoms with E-state index in [4.69, 9.17) is 24.1 Å². The zero-order valence-electron chi connectivity index (χ0n) is 24.6. The molecule has 1 aliphatic rings. The van der Waals surface area contributed by atoms with Gasteiger partial charge in [0.1, 0.15) is 31.3 Å². The summed E-state index contributed by atoms with van der Waals surface area (Å²) < 4.78 is 59.1. The maximum atomic E-state index is 12.4. The van der Waals surface area contributed by atoms with Crippen LogP contribution in [0.4, 0.5) is 13.2 Å². The fourth-order valence-electron chi connectivity index (χ4n) is 5.40. The fraction of sp³-hybridized carbons (Fsp3) is 0.545. The van der Waals surface area contributed by atoms with E-state index >= 15 is 0 Å². The largest absolute Gasteiger partial charge is 0.491 e. The number of unbranched alkanes of at least 4 members (excludes halogenated alkanes) is 1. The predicted molar refractivity (Wildman–Crippen MR) is 156 cm³/mol. The molecule has 2 aromatic carbocycles. The summed E-state index contributed by atoms with van der Waals surface area (Å²) in [7, 11) is 1.61. The normalized spacial score (nSPS) is 17.1. The topological polar surface area (TPSA) is 74.2 Å². The Morgan fingerprint density at radius 1 is 0.952 bits per heavy atom. The van der Waals surface area contributed by atoms with Gasteiger partial charge in [-0.05, 0) is 85.3 Å². The number of rotatable bonds is 16. The molecule has 0 saturated heterocycles. The second kappa shape index (κ2) is 16.6. The summed E-state index contributed by atoms with van der Waals surface area (Å²) in [5.74, 6) is 1.50. The molecule has 0 bridgehead atoms. The van der Waals surface area contributed by atoms with E-state index in [2.05, 4.69) is 31.7 Å². The van der Waals surface area contributed by atoms with Crippen LogP contribution in [0.5, 0.6) is 11.5 Å². The first-order chi connectivity index (χ1) is 20.1.